The Labute approximate surface area is 165 Å². The Morgan fingerprint density at radius 2 is 1.74 bits per heavy atom. The predicted molar refractivity (Wildman–Crippen MR) is 102 cm³/mol. The molecule has 0 unspecified atom stereocenters. The Bertz CT molecular complexity index is 805. The van der Waals surface area contributed by atoms with Crippen LogP contribution in [0.3, 0.4) is 0 Å². The van der Waals surface area contributed by atoms with E-state index in [4.69, 9.17) is 13.9 Å². The predicted octanol–water partition coefficient (Wildman–Crippen LogP) is 3.09. The molecule has 0 aliphatic carbocycles. The van der Waals surface area contributed by atoms with Crippen molar-refractivity contribution in [2.45, 2.75) is 18.9 Å². The van der Waals surface area contributed by atoms with E-state index in [2.05, 4.69) is 21.2 Å². The van der Waals surface area contributed by atoms with Crippen LogP contribution in [0.2, 0.25) is 0 Å². The first-order chi connectivity index (χ1) is 13.0. The molecule has 1 fully saturated rings. The van der Waals surface area contributed by atoms with E-state index in [1.54, 1.807) is 49.5 Å². The summed E-state index contributed by atoms with van der Waals surface area (Å²) in [6.07, 6.45) is 1.36. The fraction of sp³-hybridized carbons (Fsp3) is 0.368. The summed E-state index contributed by atoms with van der Waals surface area (Å²) in [6, 6.07) is 8.43. The van der Waals surface area contributed by atoms with Gasteiger partial charge in [-0.2, -0.15) is 0 Å². The molecule has 1 aliphatic rings. The first-order valence-corrected chi connectivity index (χ1v) is 9.38. The van der Waals surface area contributed by atoms with Gasteiger partial charge in [0.25, 0.3) is 11.8 Å². The van der Waals surface area contributed by atoms with Crippen LogP contribution in [0.4, 0.5) is 0 Å². The van der Waals surface area contributed by atoms with Crippen LogP contribution in [0.25, 0.3) is 0 Å². The van der Waals surface area contributed by atoms with Gasteiger partial charge in [-0.05, 0) is 53.0 Å². The molecule has 7 nitrogen and oxygen atoms in total. The van der Waals surface area contributed by atoms with Crippen LogP contribution in [-0.4, -0.2) is 50.1 Å². The van der Waals surface area contributed by atoms with Crippen molar-refractivity contribution in [1.82, 2.24) is 10.2 Å². The number of carbonyl (C=O) groups excluding carboxylic acids is 2. The minimum atomic E-state index is -0.247. The summed E-state index contributed by atoms with van der Waals surface area (Å²) in [7, 11) is 3.10. The summed E-state index contributed by atoms with van der Waals surface area (Å²) in [6.45, 7) is 1.12. The maximum Gasteiger partial charge on any atom is 0.287 e. The van der Waals surface area contributed by atoms with E-state index >= 15 is 0 Å². The number of nitrogens with one attached hydrogen (secondary N) is 1. The number of carbonyl (C=O) groups is 2. The van der Waals surface area contributed by atoms with E-state index in [0.717, 1.165) is 0 Å². The summed E-state index contributed by atoms with van der Waals surface area (Å²) >= 11 is 3.18. The van der Waals surface area contributed by atoms with Gasteiger partial charge in [-0.25, -0.2) is 0 Å². The lowest BCUT2D eigenvalue weighted by Gasteiger charge is -2.32. The molecular weight excluding hydrogens is 416 g/mol. The molecule has 27 heavy (non-hydrogen) atoms. The number of halogens is 1. The van der Waals surface area contributed by atoms with Gasteiger partial charge in [-0.15, -0.1) is 0 Å². The van der Waals surface area contributed by atoms with Crippen LogP contribution in [-0.2, 0) is 0 Å². The molecule has 1 saturated heterocycles. The van der Waals surface area contributed by atoms with Crippen molar-refractivity contribution in [3.63, 3.8) is 0 Å². The molecule has 0 bridgehead atoms. The molecule has 2 heterocycles. The van der Waals surface area contributed by atoms with E-state index < -0.39 is 0 Å². The maximum absolute atomic E-state index is 12.8. The van der Waals surface area contributed by atoms with Gasteiger partial charge in [0.05, 0.1) is 14.2 Å². The SMILES string of the molecule is COc1cc(OC)cc(C(=O)N2CCC(NC(=O)c3ccc(Br)o3)CC2)c1. The van der Waals surface area contributed by atoms with Crippen molar-refractivity contribution in [2.75, 3.05) is 27.3 Å². The van der Waals surface area contributed by atoms with Crippen LogP contribution in [0.15, 0.2) is 39.4 Å². The molecule has 1 aliphatic heterocycles. The number of piperidine rings is 1. The van der Waals surface area contributed by atoms with Gasteiger partial charge >= 0.3 is 0 Å². The monoisotopic (exact) mass is 436 g/mol. The van der Waals surface area contributed by atoms with Crippen molar-refractivity contribution in [3.05, 3.63) is 46.3 Å². The lowest BCUT2D eigenvalue weighted by Crippen LogP contribution is -2.46. The number of likely N-dealkylation sites (tertiary alicyclic amines) is 1. The second-order valence-corrected chi connectivity index (χ2v) is 7.03. The number of rotatable bonds is 5. The third-order valence-corrected chi connectivity index (χ3v) is 4.94. The third-order valence-electron chi connectivity index (χ3n) is 4.51. The Kier molecular flexibility index (Phi) is 6.05. The molecule has 2 aromatic rings. The second-order valence-electron chi connectivity index (χ2n) is 6.25. The van der Waals surface area contributed by atoms with Crippen LogP contribution in [0, 0.1) is 0 Å². The Morgan fingerprint density at radius 3 is 2.26 bits per heavy atom. The highest BCUT2D eigenvalue weighted by molar-refractivity contribution is 9.10. The Balaban J connectivity index is 1.58. The highest BCUT2D eigenvalue weighted by Crippen LogP contribution is 2.24. The van der Waals surface area contributed by atoms with E-state index in [1.165, 1.54) is 0 Å². The first kappa shape index (κ1) is 19.3. The molecule has 144 valence electrons. The first-order valence-electron chi connectivity index (χ1n) is 8.58. The molecule has 0 atom stereocenters. The average molecular weight is 437 g/mol. The molecular formula is C19H21BrN2O5. The Hall–Kier alpha value is -2.48. The van der Waals surface area contributed by atoms with Gasteiger partial charge in [-0.3, -0.25) is 9.59 Å². The molecule has 2 amide bonds. The van der Waals surface area contributed by atoms with Crippen LogP contribution in [0.1, 0.15) is 33.8 Å². The molecule has 1 N–H and O–H groups in total. The molecule has 1 aromatic carbocycles. The minimum absolute atomic E-state index is 0.00488. The van der Waals surface area contributed by atoms with Crippen molar-refractivity contribution in [3.8, 4) is 11.5 Å². The molecule has 8 heteroatoms. The second kappa shape index (κ2) is 8.47. The largest absolute Gasteiger partial charge is 0.497 e. The smallest absolute Gasteiger partial charge is 0.287 e. The van der Waals surface area contributed by atoms with E-state index in [0.29, 0.717) is 47.7 Å². The van der Waals surface area contributed by atoms with Crippen LogP contribution >= 0.6 is 15.9 Å². The van der Waals surface area contributed by atoms with Gasteiger partial charge in [0.2, 0.25) is 0 Å². The lowest BCUT2D eigenvalue weighted by atomic mass is 10.0. The quantitative estimate of drug-likeness (QED) is 0.778. The van der Waals surface area contributed by atoms with Gasteiger partial charge < -0.3 is 24.1 Å². The van der Waals surface area contributed by atoms with E-state index in [9.17, 15) is 9.59 Å². The summed E-state index contributed by atoms with van der Waals surface area (Å²) < 4.78 is 16.2. The van der Waals surface area contributed by atoms with Gasteiger partial charge in [0.1, 0.15) is 11.5 Å². The van der Waals surface area contributed by atoms with Crippen molar-refractivity contribution in [2.24, 2.45) is 0 Å². The highest BCUT2D eigenvalue weighted by Gasteiger charge is 2.26. The number of furan rings is 1. The fourth-order valence-electron chi connectivity index (χ4n) is 3.03. The topological polar surface area (TPSA) is 81.0 Å². The minimum Gasteiger partial charge on any atom is -0.497 e. The molecule has 0 saturated carbocycles. The number of hydrogen-bond acceptors (Lipinski definition) is 5. The molecule has 3 rings (SSSR count). The Morgan fingerprint density at radius 1 is 1.11 bits per heavy atom. The zero-order chi connectivity index (χ0) is 19.4. The van der Waals surface area contributed by atoms with E-state index in [-0.39, 0.29) is 23.6 Å². The maximum atomic E-state index is 12.8. The summed E-state index contributed by atoms with van der Waals surface area (Å²) in [4.78, 5) is 26.7. The molecule has 1 aromatic heterocycles. The summed E-state index contributed by atoms with van der Waals surface area (Å²) in [5.41, 5.74) is 0.522. The van der Waals surface area contributed by atoms with E-state index in [1.807, 2.05) is 0 Å². The standard InChI is InChI=1S/C19H21BrN2O5/c1-25-14-9-12(10-15(11-14)26-2)19(24)22-7-5-13(6-8-22)21-18(23)16-3-4-17(20)27-16/h3-4,9-11,13H,5-8H2,1-2H3,(H,21,23). The van der Waals surface area contributed by atoms with Crippen molar-refractivity contribution in [1.29, 1.82) is 0 Å². The average Bonchev–Trinajstić information content (AvgIpc) is 3.14. The number of nitrogens with zero attached hydrogens (tertiary/aromatic N) is 1. The fourth-order valence-corrected chi connectivity index (χ4v) is 3.34. The van der Waals surface area contributed by atoms with Crippen LogP contribution < -0.4 is 14.8 Å². The number of ether oxygens (including phenoxy) is 2. The van der Waals surface area contributed by atoms with Gasteiger partial charge in [0, 0.05) is 30.8 Å². The number of hydrogen-bond donors (Lipinski definition) is 1. The third kappa shape index (κ3) is 4.63. The van der Waals surface area contributed by atoms with Crippen molar-refractivity contribution >= 4 is 27.7 Å². The summed E-state index contributed by atoms with van der Waals surface area (Å²) in [5.74, 6) is 1.09. The zero-order valence-corrected chi connectivity index (χ0v) is 16.7. The van der Waals surface area contributed by atoms with Crippen molar-refractivity contribution < 1.29 is 23.5 Å². The highest BCUT2D eigenvalue weighted by atomic mass is 79.9. The molecule has 0 radical (unpaired) electrons. The number of methoxy groups -OCH3 is 2. The zero-order valence-electron chi connectivity index (χ0n) is 15.2. The summed E-state index contributed by atoms with van der Waals surface area (Å²) in [5, 5.41) is 2.95. The molecule has 0 spiro atoms. The lowest BCUT2D eigenvalue weighted by molar-refractivity contribution is 0.0695. The van der Waals surface area contributed by atoms with Crippen LogP contribution in [0.5, 0.6) is 11.5 Å². The number of amides is 2. The number of benzene rings is 1. The van der Waals surface area contributed by atoms with Gasteiger partial charge in [0.15, 0.2) is 10.4 Å². The van der Waals surface area contributed by atoms with Gasteiger partial charge in [-0.1, -0.05) is 0 Å². The normalized spacial score (nSPS) is 14.7.